The van der Waals surface area contributed by atoms with E-state index in [0.29, 0.717) is 16.4 Å². The van der Waals surface area contributed by atoms with Crippen LogP contribution < -0.4 is 0 Å². The fraction of sp³-hybridized carbons (Fsp3) is 0.467. The maximum atomic E-state index is 13.3. The van der Waals surface area contributed by atoms with Crippen molar-refractivity contribution in [2.45, 2.75) is 120 Å². The zero-order valence-corrected chi connectivity index (χ0v) is 31.2. The summed E-state index contributed by atoms with van der Waals surface area (Å²) in [5, 5.41) is 0. The third-order valence-corrected chi connectivity index (χ3v) is 14.6. The number of rotatable bonds is 10. The molecule has 4 aromatic carbocycles. The Morgan fingerprint density at radius 1 is 0.600 bits per heavy atom. The Morgan fingerprint density at radius 3 is 1.66 bits per heavy atom. The molecule has 6 atom stereocenters. The van der Waals surface area contributed by atoms with Gasteiger partial charge in [-0.3, -0.25) is 0 Å². The minimum Gasteiger partial charge on any atom is -0.355 e. The van der Waals surface area contributed by atoms with Crippen molar-refractivity contribution in [1.29, 1.82) is 0 Å². The van der Waals surface area contributed by atoms with Crippen molar-refractivity contribution in [1.82, 2.24) is 0 Å². The van der Waals surface area contributed by atoms with Crippen molar-refractivity contribution in [3.05, 3.63) is 137 Å². The summed E-state index contributed by atoms with van der Waals surface area (Å²) in [6.45, 7) is 8.93. The van der Waals surface area contributed by atoms with Gasteiger partial charge in [0.1, 0.15) is 23.4 Å². The number of ether oxygens (including phenoxy) is 2. The molecular weight excluding hydrogens is 637 g/mol. The third kappa shape index (κ3) is 5.68. The number of sulfone groups is 1. The van der Waals surface area contributed by atoms with Gasteiger partial charge >= 0.3 is 0 Å². The molecule has 2 fully saturated rings. The van der Waals surface area contributed by atoms with Crippen molar-refractivity contribution in [2.75, 3.05) is 5.75 Å². The summed E-state index contributed by atoms with van der Waals surface area (Å²) in [5.74, 6) is 0.173. The topological polar surface area (TPSA) is 59.2 Å². The monoisotopic (exact) mass is 690 g/mol. The molecule has 0 spiro atoms. The summed E-state index contributed by atoms with van der Waals surface area (Å²) >= 11 is 0. The van der Waals surface area contributed by atoms with Gasteiger partial charge in [0.15, 0.2) is 9.84 Å². The molecule has 4 aromatic rings. The van der Waals surface area contributed by atoms with Crippen LogP contribution in [0.15, 0.2) is 114 Å². The highest BCUT2D eigenvalue weighted by atomic mass is 32.2. The van der Waals surface area contributed by atoms with Gasteiger partial charge in [0.25, 0.3) is 0 Å². The van der Waals surface area contributed by atoms with Crippen molar-refractivity contribution < 1.29 is 17.9 Å². The van der Waals surface area contributed by atoms with E-state index in [1.165, 1.54) is 55.2 Å². The number of hydrogen-bond donors (Lipinski definition) is 0. The average molecular weight is 691 g/mol. The molecule has 264 valence electrons. The molecule has 5 heteroatoms. The molecule has 0 saturated carbocycles. The Labute approximate surface area is 300 Å². The maximum absolute atomic E-state index is 13.3. The molecule has 1 aliphatic carbocycles. The molecule has 0 N–H and O–H groups in total. The second-order valence-electron chi connectivity index (χ2n) is 15.3. The highest BCUT2D eigenvalue weighted by Gasteiger charge is 2.70. The van der Waals surface area contributed by atoms with E-state index in [-0.39, 0.29) is 22.9 Å². The standard InChI is InChI=1S/C23H28O.C22H26O3S/c1-3-5-16-22(4-2)17-15-18-11-9-10-14-20(18)23(21(22)24-23)19-12-7-6-8-13-19;1-3-5-15-21(4-2)16-26(23,24)19-14-10-9-13-18(19)22(20(21)25-22)17-11-7-6-8-12-17/h6-14,21H,3-5,15-17H2,1-2H3;6-14,20H,3-5,15-16H2,1-2H3/t21-,22+,23+;20-,21-,22+/m01/s1. The first-order chi connectivity index (χ1) is 24.3. The van der Waals surface area contributed by atoms with Gasteiger partial charge in [-0.15, -0.1) is 0 Å². The van der Waals surface area contributed by atoms with E-state index in [1.54, 1.807) is 6.07 Å². The molecule has 3 aliphatic heterocycles. The number of aryl methyl sites for hydroxylation is 1. The Hall–Kier alpha value is -3.25. The van der Waals surface area contributed by atoms with Gasteiger partial charge in [0.05, 0.1) is 10.6 Å². The molecular formula is C45H54O4S. The molecule has 0 bridgehead atoms. The minimum absolute atomic E-state index is 0.0904. The van der Waals surface area contributed by atoms with Crippen LogP contribution in [0.5, 0.6) is 0 Å². The van der Waals surface area contributed by atoms with Crippen LogP contribution in [0, 0.1) is 10.8 Å². The lowest BCUT2D eigenvalue weighted by Crippen LogP contribution is -2.36. The summed E-state index contributed by atoms with van der Waals surface area (Å²) in [7, 11) is -3.36. The Balaban J connectivity index is 0.000000157. The van der Waals surface area contributed by atoms with E-state index < -0.39 is 15.4 Å². The Bertz CT molecular complexity index is 1890. The molecule has 8 rings (SSSR count). The van der Waals surface area contributed by atoms with Crippen molar-refractivity contribution in [3.8, 4) is 0 Å². The van der Waals surface area contributed by atoms with Crippen LogP contribution >= 0.6 is 0 Å². The van der Waals surface area contributed by atoms with Gasteiger partial charge in [-0.2, -0.15) is 0 Å². The SMILES string of the molecule is CCCC[C@]1(CC)CCc2ccccc2[C@@]2(c3ccccc3)O[C@@H]12.CCCC[C@]1(CC)CS(=O)(=O)c2ccccc2[C@]2(c3ccccc3)O[C@H]12. The van der Waals surface area contributed by atoms with Crippen LogP contribution in [0.4, 0.5) is 0 Å². The van der Waals surface area contributed by atoms with Gasteiger partial charge in [-0.1, -0.05) is 157 Å². The van der Waals surface area contributed by atoms with Gasteiger partial charge < -0.3 is 9.47 Å². The Kier molecular flexibility index (Phi) is 9.64. The van der Waals surface area contributed by atoms with E-state index in [1.807, 2.05) is 36.4 Å². The fourth-order valence-corrected chi connectivity index (χ4v) is 11.9. The van der Waals surface area contributed by atoms with Crippen LogP contribution in [0.2, 0.25) is 0 Å². The molecule has 0 amide bonds. The third-order valence-electron chi connectivity index (χ3n) is 12.6. The molecule has 0 aromatic heterocycles. The van der Waals surface area contributed by atoms with E-state index in [2.05, 4.69) is 94.4 Å². The summed E-state index contributed by atoms with van der Waals surface area (Å²) < 4.78 is 39.8. The summed E-state index contributed by atoms with van der Waals surface area (Å²) in [6, 6.07) is 37.4. The number of unbranched alkanes of at least 4 members (excludes halogenated alkanes) is 2. The second-order valence-corrected chi connectivity index (χ2v) is 17.2. The molecule has 3 heterocycles. The van der Waals surface area contributed by atoms with Crippen LogP contribution in [-0.2, 0) is 36.9 Å². The number of benzene rings is 4. The molecule has 4 aliphatic rings. The first-order valence-corrected chi connectivity index (χ1v) is 20.8. The molecule has 2 saturated heterocycles. The molecule has 4 nitrogen and oxygen atoms in total. The van der Waals surface area contributed by atoms with Crippen molar-refractivity contribution in [3.63, 3.8) is 0 Å². The zero-order chi connectivity index (χ0) is 35.0. The lowest BCUT2D eigenvalue weighted by atomic mass is 9.70. The molecule has 0 unspecified atom stereocenters. The van der Waals surface area contributed by atoms with E-state index in [4.69, 9.17) is 9.47 Å². The highest BCUT2D eigenvalue weighted by molar-refractivity contribution is 7.91. The molecule has 50 heavy (non-hydrogen) atoms. The lowest BCUT2D eigenvalue weighted by Gasteiger charge is -2.31. The van der Waals surface area contributed by atoms with Crippen molar-refractivity contribution in [2.24, 2.45) is 10.8 Å². The van der Waals surface area contributed by atoms with Crippen LogP contribution in [0.25, 0.3) is 0 Å². The normalized spacial score (nSPS) is 31.3. The number of epoxide rings is 2. The van der Waals surface area contributed by atoms with Crippen LogP contribution in [-0.4, -0.2) is 26.4 Å². The van der Waals surface area contributed by atoms with E-state index in [9.17, 15) is 8.42 Å². The highest BCUT2D eigenvalue weighted by Crippen LogP contribution is 2.65. The quantitative estimate of drug-likeness (QED) is 0.155. The predicted octanol–water partition coefficient (Wildman–Crippen LogP) is 10.6. The molecule has 0 radical (unpaired) electrons. The fourth-order valence-electron chi connectivity index (χ4n) is 9.66. The predicted molar refractivity (Wildman–Crippen MR) is 202 cm³/mol. The number of hydrogen-bond acceptors (Lipinski definition) is 4. The number of fused-ring (bicyclic) bond motifs is 6. The van der Waals surface area contributed by atoms with Gasteiger partial charge in [0, 0.05) is 16.4 Å². The second kappa shape index (κ2) is 13.7. The Morgan fingerprint density at radius 2 is 1.08 bits per heavy atom. The maximum Gasteiger partial charge on any atom is 0.179 e. The summed E-state index contributed by atoms with van der Waals surface area (Å²) in [6.07, 6.45) is 11.5. The average Bonchev–Trinajstić information content (AvgIpc) is 4.09. The zero-order valence-electron chi connectivity index (χ0n) is 30.4. The first kappa shape index (κ1) is 35.2. The van der Waals surface area contributed by atoms with Crippen molar-refractivity contribution >= 4 is 9.84 Å². The van der Waals surface area contributed by atoms with Gasteiger partial charge in [0.2, 0.25) is 0 Å². The van der Waals surface area contributed by atoms with Gasteiger partial charge in [-0.25, -0.2) is 8.42 Å². The largest absolute Gasteiger partial charge is 0.355 e. The minimum atomic E-state index is -3.36. The van der Waals surface area contributed by atoms with Crippen LogP contribution in [0.3, 0.4) is 0 Å². The smallest absolute Gasteiger partial charge is 0.179 e. The summed E-state index contributed by atoms with van der Waals surface area (Å²) in [4.78, 5) is 0.443. The van der Waals surface area contributed by atoms with E-state index in [0.717, 1.165) is 36.8 Å². The summed E-state index contributed by atoms with van der Waals surface area (Å²) in [5.41, 5.74) is 5.21. The van der Waals surface area contributed by atoms with Gasteiger partial charge in [-0.05, 0) is 66.8 Å². The first-order valence-electron chi connectivity index (χ1n) is 19.1. The lowest BCUT2D eigenvalue weighted by molar-refractivity contribution is 0.152. The van der Waals surface area contributed by atoms with Crippen LogP contribution in [0.1, 0.15) is 113 Å². The van der Waals surface area contributed by atoms with E-state index >= 15 is 0 Å².